The summed E-state index contributed by atoms with van der Waals surface area (Å²) in [7, 11) is 0. The Morgan fingerprint density at radius 3 is 1.60 bits per heavy atom. The summed E-state index contributed by atoms with van der Waals surface area (Å²) in [5.74, 6) is 0. The summed E-state index contributed by atoms with van der Waals surface area (Å²) >= 11 is 0. The van der Waals surface area contributed by atoms with Gasteiger partial charge in [0.15, 0.2) is 0 Å². The highest BCUT2D eigenvalue weighted by Gasteiger charge is 2.35. The molecule has 0 unspecified atom stereocenters. The average Bonchev–Trinajstić information content (AvgIpc) is 3.19. The van der Waals surface area contributed by atoms with Gasteiger partial charge in [0.05, 0.1) is 0 Å². The molecular weight excluding hydrogens is 506 g/mol. The Morgan fingerprint density at radius 1 is 0.452 bits per heavy atom. The van der Waals surface area contributed by atoms with E-state index in [1.54, 1.807) is 0 Å². The minimum atomic E-state index is -0.0447. The van der Waals surface area contributed by atoms with Gasteiger partial charge < -0.3 is 4.90 Å². The van der Waals surface area contributed by atoms with Crippen LogP contribution in [0.15, 0.2) is 115 Å². The predicted molar refractivity (Wildman–Crippen MR) is 182 cm³/mol. The van der Waals surface area contributed by atoms with Crippen molar-refractivity contribution in [2.75, 3.05) is 4.90 Å². The highest BCUT2D eigenvalue weighted by atomic mass is 15.1. The summed E-state index contributed by atoms with van der Waals surface area (Å²) in [4.78, 5) is 2.38. The average molecular weight is 550 g/mol. The molecule has 5 aromatic carbocycles. The number of hydrogen-bond donors (Lipinski definition) is 0. The third kappa shape index (κ3) is 4.96. The fourth-order valence-electron chi connectivity index (χ4n) is 6.32. The third-order valence-corrected chi connectivity index (χ3v) is 8.96. The topological polar surface area (TPSA) is 3.24 Å². The molecule has 0 fully saturated rings. The van der Waals surface area contributed by atoms with Gasteiger partial charge in [0.25, 0.3) is 0 Å². The second-order valence-corrected chi connectivity index (χ2v) is 14.4. The van der Waals surface area contributed by atoms with E-state index in [4.69, 9.17) is 0 Å². The van der Waals surface area contributed by atoms with E-state index in [1.807, 2.05) is 0 Å². The molecular formula is C41H43N. The largest absolute Gasteiger partial charge is 0.310 e. The summed E-state index contributed by atoms with van der Waals surface area (Å²) in [5, 5.41) is 0. The molecule has 0 heterocycles. The number of para-hydroxylation sites is 1. The van der Waals surface area contributed by atoms with Crippen LogP contribution >= 0.6 is 0 Å². The minimum Gasteiger partial charge on any atom is -0.310 e. The van der Waals surface area contributed by atoms with Gasteiger partial charge >= 0.3 is 0 Å². The van der Waals surface area contributed by atoms with Crippen LogP contribution in [0.25, 0.3) is 22.3 Å². The van der Waals surface area contributed by atoms with Crippen LogP contribution in [-0.2, 0) is 16.2 Å². The van der Waals surface area contributed by atoms with Crippen LogP contribution in [0.5, 0.6) is 0 Å². The third-order valence-electron chi connectivity index (χ3n) is 8.96. The lowest BCUT2D eigenvalue weighted by Crippen LogP contribution is -2.16. The van der Waals surface area contributed by atoms with Crippen LogP contribution < -0.4 is 4.90 Å². The Balaban J connectivity index is 1.44. The monoisotopic (exact) mass is 549 g/mol. The standard InChI is InChI=1S/C41H43N/c1-39(2,3)30-24-29(25-31(26-30)40(4,5)6)28-18-20-33(21-19-28)42(32-14-10-9-11-15-32)34-22-23-36-35-16-12-13-17-37(35)41(7,8)38(36)27-34/h9-27H,1-8H3. The van der Waals surface area contributed by atoms with Gasteiger partial charge in [0, 0.05) is 22.5 Å². The second kappa shape index (κ2) is 10.0. The molecule has 0 aliphatic heterocycles. The van der Waals surface area contributed by atoms with E-state index in [9.17, 15) is 0 Å². The number of benzene rings is 5. The minimum absolute atomic E-state index is 0.0447. The Labute approximate surface area is 252 Å². The van der Waals surface area contributed by atoms with Crippen LogP contribution in [0.3, 0.4) is 0 Å². The molecule has 0 amide bonds. The Kier molecular flexibility index (Phi) is 6.69. The van der Waals surface area contributed by atoms with Gasteiger partial charge in [-0.2, -0.15) is 0 Å². The van der Waals surface area contributed by atoms with Crippen LogP contribution in [-0.4, -0.2) is 0 Å². The lowest BCUT2D eigenvalue weighted by Gasteiger charge is -2.28. The Bertz CT molecular complexity index is 1710. The maximum atomic E-state index is 2.40. The van der Waals surface area contributed by atoms with E-state index in [0.29, 0.717) is 0 Å². The molecule has 0 spiro atoms. The first kappa shape index (κ1) is 28.0. The van der Waals surface area contributed by atoms with E-state index in [1.165, 1.54) is 50.2 Å². The Hall–Kier alpha value is -4.10. The number of fused-ring (bicyclic) bond motifs is 3. The molecule has 0 radical (unpaired) electrons. The summed E-state index contributed by atoms with van der Waals surface area (Å²) in [6, 6.07) is 42.8. The normalized spacial score (nSPS) is 13.9. The van der Waals surface area contributed by atoms with Gasteiger partial charge in [-0.1, -0.05) is 134 Å². The molecule has 0 saturated carbocycles. The second-order valence-electron chi connectivity index (χ2n) is 14.4. The first-order valence-corrected chi connectivity index (χ1v) is 15.2. The fraction of sp³-hybridized carbons (Fsp3) is 0.268. The molecule has 42 heavy (non-hydrogen) atoms. The lowest BCUT2D eigenvalue weighted by atomic mass is 9.79. The summed E-state index contributed by atoms with van der Waals surface area (Å²) < 4.78 is 0. The van der Waals surface area contributed by atoms with Crippen molar-refractivity contribution in [1.29, 1.82) is 0 Å². The number of rotatable bonds is 4. The van der Waals surface area contributed by atoms with Crippen molar-refractivity contribution in [2.24, 2.45) is 0 Å². The van der Waals surface area contributed by atoms with E-state index >= 15 is 0 Å². The lowest BCUT2D eigenvalue weighted by molar-refractivity contribution is 0.569. The first-order chi connectivity index (χ1) is 19.8. The van der Waals surface area contributed by atoms with Gasteiger partial charge in [0.1, 0.15) is 0 Å². The van der Waals surface area contributed by atoms with Crippen molar-refractivity contribution >= 4 is 17.1 Å². The number of anilines is 3. The van der Waals surface area contributed by atoms with E-state index in [-0.39, 0.29) is 16.2 Å². The highest BCUT2D eigenvalue weighted by molar-refractivity contribution is 5.86. The summed E-state index contributed by atoms with van der Waals surface area (Å²) in [6.45, 7) is 18.5. The zero-order valence-electron chi connectivity index (χ0n) is 26.4. The fourth-order valence-corrected chi connectivity index (χ4v) is 6.32. The quantitative estimate of drug-likeness (QED) is 0.215. The molecule has 1 heteroatoms. The molecule has 0 bridgehead atoms. The van der Waals surface area contributed by atoms with Crippen molar-refractivity contribution in [1.82, 2.24) is 0 Å². The number of hydrogen-bond acceptors (Lipinski definition) is 1. The van der Waals surface area contributed by atoms with Crippen LogP contribution in [0.4, 0.5) is 17.1 Å². The van der Waals surface area contributed by atoms with Gasteiger partial charge in [-0.05, 0) is 91.7 Å². The van der Waals surface area contributed by atoms with Crippen molar-refractivity contribution in [3.63, 3.8) is 0 Å². The zero-order chi connectivity index (χ0) is 29.9. The molecule has 0 atom stereocenters. The van der Waals surface area contributed by atoms with Crippen molar-refractivity contribution < 1.29 is 0 Å². The molecule has 5 aromatic rings. The van der Waals surface area contributed by atoms with E-state index in [2.05, 4.69) is 176 Å². The molecule has 0 N–H and O–H groups in total. The van der Waals surface area contributed by atoms with Gasteiger partial charge in [-0.15, -0.1) is 0 Å². The maximum absolute atomic E-state index is 2.40. The van der Waals surface area contributed by atoms with E-state index in [0.717, 1.165) is 11.4 Å². The van der Waals surface area contributed by atoms with Gasteiger partial charge in [-0.3, -0.25) is 0 Å². The molecule has 212 valence electrons. The number of nitrogens with zero attached hydrogens (tertiary/aromatic N) is 1. The van der Waals surface area contributed by atoms with E-state index < -0.39 is 0 Å². The van der Waals surface area contributed by atoms with Crippen molar-refractivity contribution in [3.05, 3.63) is 138 Å². The predicted octanol–water partition coefficient (Wildman–Crippen LogP) is 11.7. The zero-order valence-corrected chi connectivity index (χ0v) is 26.4. The smallest absolute Gasteiger partial charge is 0.0465 e. The van der Waals surface area contributed by atoms with Crippen molar-refractivity contribution in [3.8, 4) is 22.3 Å². The molecule has 1 aliphatic rings. The molecule has 1 nitrogen and oxygen atoms in total. The first-order valence-electron chi connectivity index (χ1n) is 15.2. The highest BCUT2D eigenvalue weighted by Crippen LogP contribution is 2.50. The molecule has 0 aromatic heterocycles. The van der Waals surface area contributed by atoms with Crippen LogP contribution in [0.2, 0.25) is 0 Å². The SMILES string of the molecule is CC(C)(C)c1cc(-c2ccc(N(c3ccccc3)c3ccc4c(c3)C(C)(C)c3ccccc3-4)cc2)cc(C(C)(C)C)c1. The molecule has 6 rings (SSSR count). The van der Waals surface area contributed by atoms with Gasteiger partial charge in [0.2, 0.25) is 0 Å². The van der Waals surface area contributed by atoms with Gasteiger partial charge in [-0.25, -0.2) is 0 Å². The van der Waals surface area contributed by atoms with Crippen LogP contribution in [0, 0.1) is 0 Å². The van der Waals surface area contributed by atoms with Crippen LogP contribution in [0.1, 0.15) is 77.6 Å². The maximum Gasteiger partial charge on any atom is 0.0465 e. The molecule has 1 aliphatic carbocycles. The summed E-state index contributed by atoms with van der Waals surface area (Å²) in [6.07, 6.45) is 0. The van der Waals surface area contributed by atoms with Crippen molar-refractivity contribution in [2.45, 2.75) is 71.6 Å². The summed E-state index contributed by atoms with van der Waals surface area (Å²) in [5.41, 5.74) is 14.4. The molecule has 0 saturated heterocycles. The Morgan fingerprint density at radius 2 is 0.976 bits per heavy atom.